The number of anilines is 1. The summed E-state index contributed by atoms with van der Waals surface area (Å²) in [5, 5.41) is 20.1. The van der Waals surface area contributed by atoms with Crippen LogP contribution in [0.5, 0.6) is 5.75 Å². The first kappa shape index (κ1) is 13.7. The van der Waals surface area contributed by atoms with E-state index >= 15 is 0 Å². The number of para-hydroxylation sites is 1. The Morgan fingerprint density at radius 3 is 2.68 bits per heavy atom. The van der Waals surface area contributed by atoms with Crippen LogP contribution in [0.25, 0.3) is 0 Å². The Balaban J connectivity index is 2.12. The van der Waals surface area contributed by atoms with Crippen molar-refractivity contribution in [1.29, 1.82) is 0 Å². The molecule has 104 valence electrons. The topological polar surface area (TPSA) is 86.8 Å². The van der Waals surface area contributed by atoms with Gasteiger partial charge in [0.1, 0.15) is 0 Å². The highest BCUT2D eigenvalue weighted by Crippen LogP contribution is 2.31. The fourth-order valence-electron chi connectivity index (χ4n) is 2.64. The molecule has 5 heteroatoms. The first-order chi connectivity index (χ1) is 8.93. The molecule has 1 amide bonds. The van der Waals surface area contributed by atoms with Crippen LogP contribution in [-0.2, 0) is 0 Å². The van der Waals surface area contributed by atoms with E-state index in [9.17, 15) is 15.0 Å². The molecule has 1 fully saturated rings. The zero-order valence-electron chi connectivity index (χ0n) is 11.1. The van der Waals surface area contributed by atoms with Gasteiger partial charge in [-0.2, -0.15) is 0 Å². The van der Waals surface area contributed by atoms with E-state index < -0.39 is 5.60 Å². The van der Waals surface area contributed by atoms with Crippen molar-refractivity contribution in [2.24, 2.45) is 0 Å². The minimum atomic E-state index is -0.791. The van der Waals surface area contributed by atoms with Crippen molar-refractivity contribution in [2.45, 2.75) is 31.3 Å². The minimum absolute atomic E-state index is 0.170. The molecule has 5 nitrogen and oxygen atoms in total. The number of nitrogens with two attached hydrogens (primary N) is 1. The van der Waals surface area contributed by atoms with E-state index in [0.29, 0.717) is 12.8 Å². The Labute approximate surface area is 112 Å². The number of carbonyl (C=O) groups is 1. The Bertz CT molecular complexity index is 482. The number of aromatic hydroxyl groups is 1. The predicted octanol–water partition coefficient (Wildman–Crippen LogP) is 1.35. The third-order valence-electron chi connectivity index (χ3n) is 3.71. The van der Waals surface area contributed by atoms with Crippen molar-refractivity contribution >= 4 is 11.6 Å². The number of rotatable bonds is 3. The normalized spacial score (nSPS) is 17.4. The number of aliphatic hydroxyl groups is 1. The molecule has 1 aliphatic rings. The summed E-state index contributed by atoms with van der Waals surface area (Å²) in [4.78, 5) is 13.7. The maximum Gasteiger partial charge on any atom is 0.257 e. The number of amides is 1. The number of nitrogen functional groups attached to an aromatic ring is 1. The number of hydrogen-bond donors (Lipinski definition) is 3. The molecule has 0 unspecified atom stereocenters. The van der Waals surface area contributed by atoms with Gasteiger partial charge in [-0.15, -0.1) is 0 Å². The largest absolute Gasteiger partial charge is 0.505 e. The molecule has 4 N–H and O–H groups in total. The summed E-state index contributed by atoms with van der Waals surface area (Å²) in [6.45, 7) is 0.278. The van der Waals surface area contributed by atoms with Gasteiger partial charge >= 0.3 is 0 Å². The molecule has 0 spiro atoms. The van der Waals surface area contributed by atoms with Gasteiger partial charge in [0.15, 0.2) is 5.75 Å². The second-order valence-corrected chi connectivity index (χ2v) is 5.34. The molecule has 0 aliphatic heterocycles. The fourth-order valence-corrected chi connectivity index (χ4v) is 2.64. The highest BCUT2D eigenvalue weighted by Gasteiger charge is 2.34. The number of hydrogen-bond acceptors (Lipinski definition) is 4. The first-order valence-electron chi connectivity index (χ1n) is 6.48. The average molecular weight is 264 g/mol. The molecule has 0 radical (unpaired) electrons. The molecule has 1 aliphatic carbocycles. The molecular weight excluding hydrogens is 244 g/mol. The van der Waals surface area contributed by atoms with Gasteiger partial charge in [0.05, 0.1) is 16.9 Å². The zero-order chi connectivity index (χ0) is 14.0. The van der Waals surface area contributed by atoms with Gasteiger partial charge < -0.3 is 20.8 Å². The molecule has 0 atom stereocenters. The SMILES string of the molecule is CN(CC1(O)CCCC1)C(=O)c1cccc(N)c1O. The maximum atomic E-state index is 12.2. The molecule has 2 rings (SSSR count). The van der Waals surface area contributed by atoms with Gasteiger partial charge in [0.2, 0.25) is 0 Å². The number of nitrogens with zero attached hydrogens (tertiary/aromatic N) is 1. The maximum absolute atomic E-state index is 12.2. The average Bonchev–Trinajstić information content (AvgIpc) is 2.78. The van der Waals surface area contributed by atoms with Gasteiger partial charge in [-0.25, -0.2) is 0 Å². The van der Waals surface area contributed by atoms with Crippen LogP contribution in [0.2, 0.25) is 0 Å². The summed E-state index contributed by atoms with van der Waals surface area (Å²) in [6, 6.07) is 4.69. The van der Waals surface area contributed by atoms with Crippen molar-refractivity contribution in [2.75, 3.05) is 19.3 Å². The van der Waals surface area contributed by atoms with Crippen molar-refractivity contribution in [3.63, 3.8) is 0 Å². The molecule has 0 heterocycles. The monoisotopic (exact) mass is 264 g/mol. The number of likely N-dealkylation sites (N-methyl/N-ethyl adjacent to an activating group) is 1. The zero-order valence-corrected chi connectivity index (χ0v) is 11.1. The minimum Gasteiger partial charge on any atom is -0.505 e. The second kappa shape index (κ2) is 5.09. The first-order valence-corrected chi connectivity index (χ1v) is 6.48. The molecular formula is C14H20N2O3. The van der Waals surface area contributed by atoms with Gasteiger partial charge in [0.25, 0.3) is 5.91 Å². The van der Waals surface area contributed by atoms with E-state index in [0.717, 1.165) is 12.8 Å². The Kier molecular flexibility index (Phi) is 3.66. The van der Waals surface area contributed by atoms with Crippen LogP contribution in [0.1, 0.15) is 36.0 Å². The van der Waals surface area contributed by atoms with Gasteiger partial charge in [0, 0.05) is 13.6 Å². The molecule has 1 aromatic carbocycles. The van der Waals surface area contributed by atoms with Crippen LogP contribution < -0.4 is 5.73 Å². The van der Waals surface area contributed by atoms with Crippen LogP contribution in [0.15, 0.2) is 18.2 Å². The lowest BCUT2D eigenvalue weighted by atomic mass is 10.0. The van der Waals surface area contributed by atoms with Crippen molar-refractivity contribution < 1.29 is 15.0 Å². The molecule has 0 saturated heterocycles. The van der Waals surface area contributed by atoms with E-state index in [1.54, 1.807) is 13.1 Å². The lowest BCUT2D eigenvalue weighted by Gasteiger charge is -2.28. The van der Waals surface area contributed by atoms with Gasteiger partial charge in [-0.3, -0.25) is 4.79 Å². The van der Waals surface area contributed by atoms with Crippen molar-refractivity contribution in [3.05, 3.63) is 23.8 Å². The van der Waals surface area contributed by atoms with Crippen molar-refractivity contribution in [1.82, 2.24) is 4.90 Å². The molecule has 1 aromatic rings. The summed E-state index contributed by atoms with van der Waals surface area (Å²) < 4.78 is 0. The third-order valence-corrected chi connectivity index (χ3v) is 3.71. The van der Waals surface area contributed by atoms with E-state index in [2.05, 4.69) is 0 Å². The highest BCUT2D eigenvalue weighted by atomic mass is 16.3. The number of carbonyl (C=O) groups excluding carboxylic acids is 1. The lowest BCUT2D eigenvalue weighted by Crippen LogP contribution is -2.42. The number of phenolic OH excluding ortho intramolecular Hbond substituents is 1. The standard InChI is InChI=1S/C14H20N2O3/c1-16(9-14(19)7-2-3-8-14)13(18)10-5-4-6-11(15)12(10)17/h4-6,17,19H,2-3,7-9,15H2,1H3. The summed E-state index contributed by atoms with van der Waals surface area (Å²) in [5.74, 6) is -0.525. The van der Waals surface area contributed by atoms with Crippen LogP contribution in [0, 0.1) is 0 Å². The Morgan fingerprint density at radius 1 is 1.42 bits per heavy atom. The van der Waals surface area contributed by atoms with E-state index in [4.69, 9.17) is 5.73 Å². The quantitative estimate of drug-likeness (QED) is 0.568. The van der Waals surface area contributed by atoms with E-state index in [-0.39, 0.29) is 29.5 Å². The number of phenols is 1. The fraction of sp³-hybridized carbons (Fsp3) is 0.500. The summed E-state index contributed by atoms with van der Waals surface area (Å²) in [7, 11) is 1.63. The predicted molar refractivity (Wildman–Crippen MR) is 72.9 cm³/mol. The Morgan fingerprint density at radius 2 is 2.05 bits per heavy atom. The molecule has 1 saturated carbocycles. The second-order valence-electron chi connectivity index (χ2n) is 5.34. The lowest BCUT2D eigenvalue weighted by molar-refractivity contribution is 0.0156. The number of benzene rings is 1. The van der Waals surface area contributed by atoms with Crippen molar-refractivity contribution in [3.8, 4) is 5.75 Å². The van der Waals surface area contributed by atoms with E-state index in [1.807, 2.05) is 0 Å². The smallest absolute Gasteiger partial charge is 0.257 e. The third kappa shape index (κ3) is 2.81. The van der Waals surface area contributed by atoms with Crippen LogP contribution in [0.3, 0.4) is 0 Å². The van der Waals surface area contributed by atoms with Gasteiger partial charge in [-0.05, 0) is 25.0 Å². The molecule has 0 bridgehead atoms. The van der Waals surface area contributed by atoms with Crippen LogP contribution in [-0.4, -0.2) is 40.2 Å². The van der Waals surface area contributed by atoms with E-state index in [1.165, 1.54) is 17.0 Å². The molecule has 19 heavy (non-hydrogen) atoms. The highest BCUT2D eigenvalue weighted by molar-refractivity contribution is 5.98. The van der Waals surface area contributed by atoms with Crippen LogP contribution >= 0.6 is 0 Å². The summed E-state index contributed by atoms with van der Waals surface area (Å²) in [5.41, 5.74) is 5.14. The van der Waals surface area contributed by atoms with Crippen LogP contribution in [0.4, 0.5) is 5.69 Å². The summed E-state index contributed by atoms with van der Waals surface area (Å²) in [6.07, 6.45) is 3.41. The van der Waals surface area contributed by atoms with Gasteiger partial charge in [-0.1, -0.05) is 18.9 Å². The molecule has 0 aromatic heterocycles. The Hall–Kier alpha value is -1.75. The summed E-state index contributed by atoms with van der Waals surface area (Å²) >= 11 is 0.